The van der Waals surface area contributed by atoms with Crippen LogP contribution in [0.2, 0.25) is 0 Å². The lowest BCUT2D eigenvalue weighted by atomic mass is 10.1. The van der Waals surface area contributed by atoms with Crippen molar-refractivity contribution in [3.63, 3.8) is 0 Å². The van der Waals surface area contributed by atoms with E-state index in [2.05, 4.69) is 15.4 Å². The van der Waals surface area contributed by atoms with Crippen molar-refractivity contribution in [3.8, 4) is 11.1 Å². The number of hydrogen-bond acceptors (Lipinski definition) is 4. The minimum absolute atomic E-state index is 0.331. The monoisotopic (exact) mass is 200 g/mol. The second-order valence-corrected chi connectivity index (χ2v) is 3.28. The number of nitrogen functional groups attached to an aromatic ring is 1. The van der Waals surface area contributed by atoms with Crippen molar-refractivity contribution in [2.24, 2.45) is 0 Å². The molecule has 0 fully saturated rings. The molecular formula is C10H8N4O. The number of anilines is 1. The molecule has 2 aromatic heterocycles. The van der Waals surface area contributed by atoms with Gasteiger partial charge in [0.05, 0.1) is 23.5 Å². The van der Waals surface area contributed by atoms with Crippen molar-refractivity contribution in [2.75, 3.05) is 5.73 Å². The van der Waals surface area contributed by atoms with Crippen LogP contribution in [-0.4, -0.2) is 15.4 Å². The number of hydrogen-bond donors (Lipinski definition) is 2. The summed E-state index contributed by atoms with van der Waals surface area (Å²) in [6, 6.07) is 5.88. The first-order chi connectivity index (χ1) is 7.34. The third kappa shape index (κ3) is 1.17. The lowest BCUT2D eigenvalue weighted by Crippen LogP contribution is -1.84. The number of aromatic amines is 1. The van der Waals surface area contributed by atoms with Gasteiger partial charge in [0.2, 0.25) is 5.88 Å². The van der Waals surface area contributed by atoms with Gasteiger partial charge < -0.3 is 10.3 Å². The van der Waals surface area contributed by atoms with Crippen LogP contribution in [0.15, 0.2) is 35.1 Å². The zero-order valence-corrected chi connectivity index (χ0v) is 7.77. The SMILES string of the molecule is Nc1oncc1-c1ccc2[nH]ncc2c1. The highest BCUT2D eigenvalue weighted by Gasteiger charge is 2.07. The van der Waals surface area contributed by atoms with Gasteiger partial charge in [-0.25, -0.2) is 0 Å². The van der Waals surface area contributed by atoms with Crippen LogP contribution in [0.1, 0.15) is 0 Å². The number of nitrogens with two attached hydrogens (primary N) is 1. The predicted molar refractivity (Wildman–Crippen MR) is 56.0 cm³/mol. The Kier molecular flexibility index (Phi) is 1.53. The van der Waals surface area contributed by atoms with Crippen molar-refractivity contribution in [1.29, 1.82) is 0 Å². The maximum atomic E-state index is 5.64. The van der Waals surface area contributed by atoms with Crippen molar-refractivity contribution in [3.05, 3.63) is 30.6 Å². The number of nitrogens with one attached hydrogen (secondary N) is 1. The minimum atomic E-state index is 0.331. The van der Waals surface area contributed by atoms with Gasteiger partial charge in [0, 0.05) is 5.39 Å². The number of nitrogens with zero attached hydrogens (tertiary/aromatic N) is 2. The average molecular weight is 200 g/mol. The van der Waals surface area contributed by atoms with E-state index < -0.39 is 0 Å². The number of aromatic nitrogens is 3. The quantitative estimate of drug-likeness (QED) is 0.627. The molecule has 1 aromatic carbocycles. The highest BCUT2D eigenvalue weighted by molar-refractivity contribution is 5.85. The maximum Gasteiger partial charge on any atom is 0.229 e. The molecule has 0 aliphatic rings. The Labute approximate surface area is 84.9 Å². The van der Waals surface area contributed by atoms with E-state index in [0.717, 1.165) is 22.0 Å². The summed E-state index contributed by atoms with van der Waals surface area (Å²) in [4.78, 5) is 0. The summed E-state index contributed by atoms with van der Waals surface area (Å²) in [6.45, 7) is 0. The smallest absolute Gasteiger partial charge is 0.229 e. The molecule has 0 saturated carbocycles. The van der Waals surface area contributed by atoms with Crippen LogP contribution in [0, 0.1) is 0 Å². The van der Waals surface area contributed by atoms with Crippen LogP contribution in [0.4, 0.5) is 5.88 Å². The van der Waals surface area contributed by atoms with Crippen molar-refractivity contribution >= 4 is 16.8 Å². The number of H-pyrrole nitrogens is 1. The molecular weight excluding hydrogens is 192 g/mol. The van der Waals surface area contributed by atoms with Crippen molar-refractivity contribution < 1.29 is 4.52 Å². The van der Waals surface area contributed by atoms with E-state index in [1.807, 2.05) is 18.2 Å². The van der Waals surface area contributed by atoms with E-state index >= 15 is 0 Å². The summed E-state index contributed by atoms with van der Waals surface area (Å²) >= 11 is 0. The molecule has 2 heterocycles. The molecule has 0 spiro atoms. The van der Waals surface area contributed by atoms with Gasteiger partial charge in [0.1, 0.15) is 0 Å². The van der Waals surface area contributed by atoms with E-state index in [0.29, 0.717) is 5.88 Å². The molecule has 0 saturated heterocycles. The van der Waals surface area contributed by atoms with E-state index in [4.69, 9.17) is 10.3 Å². The summed E-state index contributed by atoms with van der Waals surface area (Å²) in [5.41, 5.74) is 8.41. The summed E-state index contributed by atoms with van der Waals surface area (Å²) in [6.07, 6.45) is 3.37. The lowest BCUT2D eigenvalue weighted by Gasteiger charge is -1.97. The average Bonchev–Trinajstić information content (AvgIpc) is 2.84. The van der Waals surface area contributed by atoms with E-state index in [1.54, 1.807) is 12.4 Å². The predicted octanol–water partition coefficient (Wildman–Crippen LogP) is 1.80. The Bertz CT molecular complexity index is 610. The third-order valence-corrected chi connectivity index (χ3v) is 2.35. The van der Waals surface area contributed by atoms with E-state index in [9.17, 15) is 0 Å². The molecule has 5 heteroatoms. The van der Waals surface area contributed by atoms with Gasteiger partial charge in [-0.1, -0.05) is 11.2 Å². The third-order valence-electron chi connectivity index (χ3n) is 2.35. The second kappa shape index (κ2) is 2.84. The van der Waals surface area contributed by atoms with Gasteiger partial charge >= 0.3 is 0 Å². The zero-order chi connectivity index (χ0) is 10.3. The Morgan fingerprint density at radius 2 is 2.20 bits per heavy atom. The molecule has 0 aliphatic carbocycles. The molecule has 0 unspecified atom stereocenters. The molecule has 74 valence electrons. The summed E-state index contributed by atoms with van der Waals surface area (Å²) in [5, 5.41) is 11.5. The molecule has 0 amide bonds. The molecule has 0 atom stereocenters. The molecule has 5 nitrogen and oxygen atoms in total. The lowest BCUT2D eigenvalue weighted by molar-refractivity contribution is 0.436. The molecule has 15 heavy (non-hydrogen) atoms. The van der Waals surface area contributed by atoms with Crippen LogP contribution in [0.25, 0.3) is 22.0 Å². The van der Waals surface area contributed by atoms with Gasteiger partial charge in [-0.15, -0.1) is 0 Å². The van der Waals surface area contributed by atoms with Crippen molar-refractivity contribution in [1.82, 2.24) is 15.4 Å². The van der Waals surface area contributed by atoms with Gasteiger partial charge in [0.25, 0.3) is 0 Å². The Hall–Kier alpha value is -2.30. The minimum Gasteiger partial charge on any atom is -0.367 e. The Balaban J connectivity index is 2.23. The van der Waals surface area contributed by atoms with Crippen LogP contribution in [-0.2, 0) is 0 Å². The van der Waals surface area contributed by atoms with E-state index in [1.165, 1.54) is 0 Å². The molecule has 3 rings (SSSR count). The first kappa shape index (κ1) is 8.05. The molecule has 0 aliphatic heterocycles. The summed E-state index contributed by atoms with van der Waals surface area (Å²) in [5.74, 6) is 0.331. The van der Waals surface area contributed by atoms with Crippen LogP contribution in [0.5, 0.6) is 0 Å². The van der Waals surface area contributed by atoms with Crippen LogP contribution < -0.4 is 5.73 Å². The molecule has 0 bridgehead atoms. The highest BCUT2D eigenvalue weighted by atomic mass is 16.5. The van der Waals surface area contributed by atoms with Crippen LogP contribution in [0.3, 0.4) is 0 Å². The van der Waals surface area contributed by atoms with Gasteiger partial charge in [-0.3, -0.25) is 5.10 Å². The van der Waals surface area contributed by atoms with E-state index in [-0.39, 0.29) is 0 Å². The number of rotatable bonds is 1. The molecule has 3 aromatic rings. The fourth-order valence-corrected chi connectivity index (χ4v) is 1.58. The zero-order valence-electron chi connectivity index (χ0n) is 7.77. The molecule has 3 N–H and O–H groups in total. The number of benzene rings is 1. The summed E-state index contributed by atoms with van der Waals surface area (Å²) < 4.78 is 4.82. The Morgan fingerprint density at radius 1 is 1.27 bits per heavy atom. The fraction of sp³-hybridized carbons (Fsp3) is 0. The Morgan fingerprint density at radius 3 is 3.00 bits per heavy atom. The topological polar surface area (TPSA) is 80.7 Å². The standard InChI is InChI=1S/C10H8N4O/c11-10-8(5-13-15-10)6-1-2-9-7(3-6)4-12-14-9/h1-5H,11H2,(H,12,14). The van der Waals surface area contributed by atoms with Gasteiger partial charge in [-0.05, 0) is 17.7 Å². The number of fused-ring (bicyclic) bond motifs is 1. The van der Waals surface area contributed by atoms with Crippen LogP contribution >= 0.6 is 0 Å². The van der Waals surface area contributed by atoms with Gasteiger partial charge in [0.15, 0.2) is 0 Å². The van der Waals surface area contributed by atoms with Crippen molar-refractivity contribution in [2.45, 2.75) is 0 Å². The summed E-state index contributed by atoms with van der Waals surface area (Å²) in [7, 11) is 0. The largest absolute Gasteiger partial charge is 0.367 e. The first-order valence-electron chi connectivity index (χ1n) is 4.48. The van der Waals surface area contributed by atoms with Gasteiger partial charge in [-0.2, -0.15) is 5.10 Å². The normalized spacial score (nSPS) is 10.9. The first-order valence-corrected chi connectivity index (χ1v) is 4.48. The fourth-order valence-electron chi connectivity index (χ4n) is 1.58. The second-order valence-electron chi connectivity index (χ2n) is 3.28. The molecule has 0 radical (unpaired) electrons. The highest BCUT2D eigenvalue weighted by Crippen LogP contribution is 2.27. The maximum absolute atomic E-state index is 5.64.